The lowest BCUT2D eigenvalue weighted by atomic mass is 10.1. The van der Waals surface area contributed by atoms with Gasteiger partial charge in [0.05, 0.1) is 21.8 Å². The lowest BCUT2D eigenvalue weighted by molar-refractivity contribution is -0.141. The highest BCUT2D eigenvalue weighted by Crippen LogP contribution is 2.35. The Labute approximate surface area is 179 Å². The minimum Gasteiger partial charge on any atom is -0.335 e. The maximum atomic E-state index is 13.0. The van der Waals surface area contributed by atoms with Crippen LogP contribution in [-0.4, -0.2) is 46.8 Å². The van der Waals surface area contributed by atoms with Crippen LogP contribution in [0.4, 0.5) is 26.3 Å². The average Bonchev–Trinajstić information content (AvgIpc) is 3.12. The van der Waals surface area contributed by atoms with Gasteiger partial charge in [-0.1, -0.05) is 6.07 Å². The van der Waals surface area contributed by atoms with Gasteiger partial charge in [0, 0.05) is 19.2 Å². The molecular weight excluding hydrogens is 464 g/mol. The molecule has 0 bridgehead atoms. The first kappa shape index (κ1) is 24.1. The number of hydrogen-bond donors (Lipinski definition) is 0. The lowest BCUT2D eigenvalue weighted by Gasteiger charge is -2.31. The van der Waals surface area contributed by atoms with Crippen molar-refractivity contribution in [2.24, 2.45) is 0 Å². The highest BCUT2D eigenvalue weighted by atomic mass is 32.2. The average molecular weight is 483 g/mol. The minimum absolute atomic E-state index is 0.00202. The standard InChI is InChI=1S/C19H19F6N3O3S/c1-17(2,32(30,31)13-5-3-4-12(10-13)18(20,21)22)6-7-27-8-9-28-14(16(27)29)11-15(26-28)19(23,24)25/h3-5,10-11H,6-9H2,1-2H3. The van der Waals surface area contributed by atoms with Crippen molar-refractivity contribution in [3.8, 4) is 0 Å². The molecule has 0 N–H and O–H groups in total. The van der Waals surface area contributed by atoms with Gasteiger partial charge in [-0.15, -0.1) is 0 Å². The monoisotopic (exact) mass is 483 g/mol. The van der Waals surface area contributed by atoms with Gasteiger partial charge >= 0.3 is 12.4 Å². The predicted octanol–water partition coefficient (Wildman–Crippen LogP) is 4.02. The summed E-state index contributed by atoms with van der Waals surface area (Å²) in [5.74, 6) is -0.730. The molecule has 6 nitrogen and oxygen atoms in total. The number of carbonyl (C=O) groups excluding carboxylic acids is 1. The van der Waals surface area contributed by atoms with Crippen LogP contribution in [0.5, 0.6) is 0 Å². The van der Waals surface area contributed by atoms with E-state index >= 15 is 0 Å². The quantitative estimate of drug-likeness (QED) is 0.603. The van der Waals surface area contributed by atoms with E-state index in [1.54, 1.807) is 0 Å². The molecule has 3 rings (SSSR count). The second-order valence-electron chi connectivity index (χ2n) is 7.97. The second kappa shape index (κ2) is 7.78. The van der Waals surface area contributed by atoms with Crippen LogP contribution < -0.4 is 0 Å². The zero-order valence-electron chi connectivity index (χ0n) is 17.0. The highest BCUT2D eigenvalue weighted by molar-refractivity contribution is 7.92. The Morgan fingerprint density at radius 1 is 1.00 bits per heavy atom. The van der Waals surface area contributed by atoms with Gasteiger partial charge in [-0.25, -0.2) is 8.42 Å². The third-order valence-corrected chi connectivity index (χ3v) is 7.87. The largest absolute Gasteiger partial charge is 0.435 e. The molecule has 0 radical (unpaired) electrons. The number of sulfone groups is 1. The third-order valence-electron chi connectivity index (χ3n) is 5.34. The molecule has 1 aliphatic rings. The summed E-state index contributed by atoms with van der Waals surface area (Å²) in [7, 11) is -4.22. The summed E-state index contributed by atoms with van der Waals surface area (Å²) < 4.78 is 103. The first-order valence-electron chi connectivity index (χ1n) is 9.40. The summed E-state index contributed by atoms with van der Waals surface area (Å²) in [6, 6.07) is 4.02. The van der Waals surface area contributed by atoms with E-state index in [1.807, 2.05) is 0 Å². The summed E-state index contributed by atoms with van der Waals surface area (Å²) in [6.45, 7) is 2.55. The van der Waals surface area contributed by atoms with Gasteiger partial charge in [-0.2, -0.15) is 31.4 Å². The van der Waals surface area contributed by atoms with E-state index < -0.39 is 49.0 Å². The van der Waals surface area contributed by atoms with Crippen molar-refractivity contribution in [2.75, 3.05) is 13.1 Å². The molecule has 1 aromatic carbocycles. The number of fused-ring (bicyclic) bond motifs is 1. The van der Waals surface area contributed by atoms with Gasteiger partial charge in [0.25, 0.3) is 5.91 Å². The molecule has 0 atom stereocenters. The number of halogens is 6. The Hall–Kier alpha value is -2.57. The Bertz CT molecular complexity index is 1140. The maximum Gasteiger partial charge on any atom is 0.435 e. The molecule has 0 saturated heterocycles. The molecule has 0 aliphatic carbocycles. The topological polar surface area (TPSA) is 72.3 Å². The van der Waals surface area contributed by atoms with Crippen molar-refractivity contribution in [3.63, 3.8) is 0 Å². The van der Waals surface area contributed by atoms with Gasteiger partial charge in [0.2, 0.25) is 0 Å². The van der Waals surface area contributed by atoms with Crippen LogP contribution in [0.25, 0.3) is 0 Å². The number of amides is 1. The normalized spacial score (nSPS) is 15.8. The second-order valence-corrected chi connectivity index (χ2v) is 10.6. The lowest BCUT2D eigenvalue weighted by Crippen LogP contribution is -2.44. The number of aromatic nitrogens is 2. The molecule has 0 saturated carbocycles. The fraction of sp³-hybridized carbons (Fsp3) is 0.474. The Balaban J connectivity index is 1.78. The number of alkyl halides is 6. The zero-order valence-corrected chi connectivity index (χ0v) is 17.8. The van der Waals surface area contributed by atoms with Crippen molar-refractivity contribution in [1.29, 1.82) is 0 Å². The van der Waals surface area contributed by atoms with E-state index in [9.17, 15) is 39.6 Å². The first-order chi connectivity index (χ1) is 14.5. The van der Waals surface area contributed by atoms with Crippen molar-refractivity contribution in [1.82, 2.24) is 14.7 Å². The molecule has 32 heavy (non-hydrogen) atoms. The number of benzene rings is 1. The van der Waals surface area contributed by atoms with Crippen LogP contribution in [0.3, 0.4) is 0 Å². The Kier molecular flexibility index (Phi) is 5.86. The van der Waals surface area contributed by atoms with Crippen molar-refractivity contribution >= 4 is 15.7 Å². The molecule has 1 aliphatic heterocycles. The fourth-order valence-electron chi connectivity index (χ4n) is 3.29. The van der Waals surface area contributed by atoms with E-state index in [0.29, 0.717) is 12.1 Å². The smallest absolute Gasteiger partial charge is 0.335 e. The van der Waals surface area contributed by atoms with Crippen LogP contribution in [0.15, 0.2) is 35.2 Å². The van der Waals surface area contributed by atoms with Crippen LogP contribution >= 0.6 is 0 Å². The summed E-state index contributed by atoms with van der Waals surface area (Å²) in [5.41, 5.74) is -2.56. The van der Waals surface area contributed by atoms with Gasteiger partial charge < -0.3 is 4.90 Å². The minimum atomic E-state index is -4.71. The van der Waals surface area contributed by atoms with Gasteiger partial charge in [-0.05, 0) is 38.5 Å². The first-order valence-corrected chi connectivity index (χ1v) is 10.9. The maximum absolute atomic E-state index is 13.0. The summed E-state index contributed by atoms with van der Waals surface area (Å²) in [6.07, 6.45) is -9.57. The molecule has 1 amide bonds. The highest BCUT2D eigenvalue weighted by Gasteiger charge is 2.40. The van der Waals surface area contributed by atoms with Crippen LogP contribution in [0, 0.1) is 0 Å². The number of nitrogens with zero attached hydrogens (tertiary/aromatic N) is 3. The molecule has 1 aromatic heterocycles. The van der Waals surface area contributed by atoms with E-state index in [0.717, 1.165) is 22.9 Å². The molecular formula is C19H19F6N3O3S. The summed E-state index contributed by atoms with van der Waals surface area (Å²) >= 11 is 0. The van der Waals surface area contributed by atoms with Crippen LogP contribution in [0.2, 0.25) is 0 Å². The van der Waals surface area contributed by atoms with Gasteiger partial charge in [0.15, 0.2) is 15.5 Å². The zero-order chi connectivity index (χ0) is 24.1. The molecule has 0 spiro atoms. The molecule has 2 aromatic rings. The molecule has 0 fully saturated rings. The molecule has 176 valence electrons. The van der Waals surface area contributed by atoms with E-state index in [2.05, 4.69) is 5.10 Å². The number of rotatable bonds is 5. The fourth-order valence-corrected chi connectivity index (χ4v) is 4.83. The van der Waals surface area contributed by atoms with E-state index in [-0.39, 0.29) is 31.7 Å². The Morgan fingerprint density at radius 3 is 2.25 bits per heavy atom. The third kappa shape index (κ3) is 4.48. The molecule has 0 unspecified atom stereocenters. The van der Waals surface area contributed by atoms with Crippen LogP contribution in [-0.2, 0) is 28.7 Å². The summed E-state index contributed by atoms with van der Waals surface area (Å²) in [4.78, 5) is 13.3. The van der Waals surface area contributed by atoms with Crippen molar-refractivity contribution in [3.05, 3.63) is 47.3 Å². The number of carbonyl (C=O) groups is 1. The summed E-state index contributed by atoms with van der Waals surface area (Å²) in [5, 5.41) is 3.38. The van der Waals surface area contributed by atoms with Crippen LogP contribution in [0.1, 0.15) is 42.0 Å². The SMILES string of the molecule is CC(C)(CCN1CCn2nc(C(F)(F)F)cc2C1=O)S(=O)(=O)c1cccc(C(F)(F)F)c1. The van der Waals surface area contributed by atoms with Crippen molar-refractivity contribution in [2.45, 2.75) is 48.8 Å². The van der Waals surface area contributed by atoms with E-state index in [4.69, 9.17) is 0 Å². The Morgan fingerprint density at radius 2 is 1.66 bits per heavy atom. The molecule has 13 heteroatoms. The van der Waals surface area contributed by atoms with Gasteiger partial charge in [-0.3, -0.25) is 9.48 Å². The van der Waals surface area contributed by atoms with Crippen molar-refractivity contribution < 1.29 is 39.6 Å². The molecule has 2 heterocycles. The van der Waals surface area contributed by atoms with E-state index in [1.165, 1.54) is 18.7 Å². The predicted molar refractivity (Wildman–Crippen MR) is 100 cm³/mol. The number of hydrogen-bond acceptors (Lipinski definition) is 4. The van der Waals surface area contributed by atoms with Gasteiger partial charge in [0.1, 0.15) is 5.69 Å².